The van der Waals surface area contributed by atoms with Crippen LogP contribution >= 0.6 is 12.4 Å². The summed E-state index contributed by atoms with van der Waals surface area (Å²) >= 11 is 0. The maximum Gasteiger partial charge on any atom is 0.222 e. The summed E-state index contributed by atoms with van der Waals surface area (Å²) in [6, 6.07) is 16.0. The van der Waals surface area contributed by atoms with E-state index in [2.05, 4.69) is 12.1 Å². The molecule has 2 atom stereocenters. The highest BCUT2D eigenvalue weighted by atomic mass is 35.5. The van der Waals surface area contributed by atoms with Crippen molar-refractivity contribution in [2.75, 3.05) is 19.7 Å². The van der Waals surface area contributed by atoms with Crippen LogP contribution in [-0.2, 0) is 4.79 Å². The molecule has 0 aliphatic carbocycles. The number of rotatable bonds is 6. The van der Waals surface area contributed by atoms with Crippen LogP contribution in [0.15, 0.2) is 54.6 Å². The largest absolute Gasteiger partial charge is 0.494 e. The highest BCUT2D eigenvalue weighted by molar-refractivity contribution is 5.85. The molecule has 1 heterocycles. The van der Waals surface area contributed by atoms with Gasteiger partial charge in [-0.3, -0.25) is 4.79 Å². The van der Waals surface area contributed by atoms with Gasteiger partial charge in [-0.05, 0) is 36.2 Å². The number of benzene rings is 2. The zero-order valence-corrected chi connectivity index (χ0v) is 15.3. The van der Waals surface area contributed by atoms with Crippen molar-refractivity contribution in [3.63, 3.8) is 0 Å². The van der Waals surface area contributed by atoms with Crippen molar-refractivity contribution < 1.29 is 13.9 Å². The Morgan fingerprint density at radius 1 is 1.12 bits per heavy atom. The Hall–Kier alpha value is -2.11. The highest BCUT2D eigenvalue weighted by Crippen LogP contribution is 2.26. The van der Waals surface area contributed by atoms with Crippen LogP contribution in [0.3, 0.4) is 0 Å². The van der Waals surface area contributed by atoms with E-state index in [0.29, 0.717) is 38.3 Å². The van der Waals surface area contributed by atoms with E-state index in [0.717, 1.165) is 0 Å². The molecule has 3 rings (SSSR count). The summed E-state index contributed by atoms with van der Waals surface area (Å²) in [6.45, 7) is 1.69. The SMILES string of the molecule is Cl.N[C@@H]1CN(C(=O)CCCOc2ccc(F)cc2)C[C@H]1c1ccccc1. The second-order valence-electron chi connectivity index (χ2n) is 6.39. The quantitative estimate of drug-likeness (QED) is 0.784. The molecule has 2 aromatic rings. The first-order chi connectivity index (χ1) is 12.1. The summed E-state index contributed by atoms with van der Waals surface area (Å²) in [5, 5.41) is 0. The lowest BCUT2D eigenvalue weighted by Gasteiger charge is -2.16. The fourth-order valence-corrected chi connectivity index (χ4v) is 3.19. The number of nitrogens with two attached hydrogens (primary N) is 1. The number of carbonyl (C=O) groups is 1. The van der Waals surface area contributed by atoms with Crippen molar-refractivity contribution in [3.05, 3.63) is 66.0 Å². The average molecular weight is 379 g/mol. The number of likely N-dealkylation sites (tertiary alicyclic amines) is 1. The van der Waals surface area contributed by atoms with Gasteiger partial charge in [0.05, 0.1) is 6.61 Å². The molecule has 1 aliphatic rings. The number of carbonyl (C=O) groups excluding carboxylic acids is 1. The van der Waals surface area contributed by atoms with E-state index >= 15 is 0 Å². The van der Waals surface area contributed by atoms with Gasteiger partial charge < -0.3 is 15.4 Å². The molecule has 0 saturated carbocycles. The van der Waals surface area contributed by atoms with E-state index in [1.165, 1.54) is 17.7 Å². The van der Waals surface area contributed by atoms with Gasteiger partial charge in [0.15, 0.2) is 0 Å². The van der Waals surface area contributed by atoms with Crippen LogP contribution in [0.2, 0.25) is 0 Å². The van der Waals surface area contributed by atoms with Crippen LogP contribution in [0.25, 0.3) is 0 Å². The van der Waals surface area contributed by atoms with Crippen LogP contribution in [-0.4, -0.2) is 36.5 Å². The standard InChI is InChI=1S/C20H23FN2O2.ClH/c21-16-8-10-17(11-9-16)25-12-4-7-20(24)23-13-18(19(22)14-23)15-5-2-1-3-6-15;/h1-3,5-6,8-11,18-19H,4,7,12-14,22H2;1H/t18-,19+;/m0./s1. The Morgan fingerprint density at radius 3 is 2.50 bits per heavy atom. The Morgan fingerprint density at radius 2 is 1.81 bits per heavy atom. The number of ether oxygens (including phenoxy) is 1. The molecule has 2 aromatic carbocycles. The molecule has 2 N–H and O–H groups in total. The van der Waals surface area contributed by atoms with Crippen molar-refractivity contribution >= 4 is 18.3 Å². The summed E-state index contributed by atoms with van der Waals surface area (Å²) in [7, 11) is 0. The highest BCUT2D eigenvalue weighted by Gasteiger charge is 2.33. The van der Waals surface area contributed by atoms with Crippen LogP contribution in [0.5, 0.6) is 5.75 Å². The van der Waals surface area contributed by atoms with Crippen molar-refractivity contribution in [3.8, 4) is 5.75 Å². The monoisotopic (exact) mass is 378 g/mol. The number of nitrogens with zero attached hydrogens (tertiary/aromatic N) is 1. The van der Waals surface area contributed by atoms with Crippen LogP contribution < -0.4 is 10.5 Å². The molecule has 0 radical (unpaired) electrons. The van der Waals surface area contributed by atoms with Crippen LogP contribution in [0.4, 0.5) is 4.39 Å². The Labute approximate surface area is 159 Å². The lowest BCUT2D eigenvalue weighted by Crippen LogP contribution is -2.32. The Balaban J connectivity index is 0.00000243. The summed E-state index contributed by atoms with van der Waals surface area (Å²) < 4.78 is 18.3. The summed E-state index contributed by atoms with van der Waals surface area (Å²) in [6.07, 6.45) is 1.05. The van der Waals surface area contributed by atoms with Gasteiger partial charge in [0.1, 0.15) is 11.6 Å². The molecule has 26 heavy (non-hydrogen) atoms. The van der Waals surface area contributed by atoms with Crippen LogP contribution in [0, 0.1) is 5.82 Å². The third kappa shape index (κ3) is 5.19. The van der Waals surface area contributed by atoms with Crippen LogP contribution in [0.1, 0.15) is 24.3 Å². The maximum atomic E-state index is 12.8. The number of hydrogen-bond acceptors (Lipinski definition) is 3. The predicted octanol–water partition coefficient (Wildman–Crippen LogP) is 3.36. The number of halogens is 2. The lowest BCUT2D eigenvalue weighted by atomic mass is 9.95. The molecule has 4 nitrogen and oxygen atoms in total. The molecule has 0 bridgehead atoms. The second kappa shape index (κ2) is 9.55. The number of amides is 1. The van der Waals surface area contributed by atoms with E-state index in [-0.39, 0.29) is 36.1 Å². The molecule has 1 saturated heterocycles. The predicted molar refractivity (Wildman–Crippen MR) is 102 cm³/mol. The molecule has 140 valence electrons. The third-order valence-electron chi connectivity index (χ3n) is 4.56. The van der Waals surface area contributed by atoms with Crippen molar-refractivity contribution in [1.29, 1.82) is 0 Å². The zero-order chi connectivity index (χ0) is 17.6. The molecule has 0 unspecified atom stereocenters. The maximum absolute atomic E-state index is 12.8. The molecule has 1 fully saturated rings. The van der Waals surface area contributed by atoms with Gasteiger partial charge in [0.2, 0.25) is 5.91 Å². The molecule has 1 amide bonds. The molecular weight excluding hydrogens is 355 g/mol. The summed E-state index contributed by atoms with van der Waals surface area (Å²) in [5.74, 6) is 0.624. The lowest BCUT2D eigenvalue weighted by molar-refractivity contribution is -0.130. The first-order valence-corrected chi connectivity index (χ1v) is 8.60. The smallest absolute Gasteiger partial charge is 0.222 e. The minimum absolute atomic E-state index is 0. The van der Waals surface area contributed by atoms with Crippen molar-refractivity contribution in [1.82, 2.24) is 4.90 Å². The normalized spacial score (nSPS) is 19.1. The van der Waals surface area contributed by atoms with Gasteiger partial charge in [-0.25, -0.2) is 4.39 Å². The fraction of sp³-hybridized carbons (Fsp3) is 0.350. The van der Waals surface area contributed by atoms with Gasteiger partial charge in [0.25, 0.3) is 0 Å². The fourth-order valence-electron chi connectivity index (χ4n) is 3.19. The van der Waals surface area contributed by atoms with Crippen molar-refractivity contribution in [2.45, 2.75) is 24.8 Å². The Bertz CT molecular complexity index is 697. The van der Waals surface area contributed by atoms with E-state index in [4.69, 9.17) is 10.5 Å². The van der Waals surface area contributed by atoms with E-state index < -0.39 is 0 Å². The molecule has 0 spiro atoms. The topological polar surface area (TPSA) is 55.6 Å². The molecular formula is C20H24ClFN2O2. The first kappa shape index (κ1) is 20.2. The zero-order valence-electron chi connectivity index (χ0n) is 14.5. The Kier molecular flexibility index (Phi) is 7.42. The van der Waals surface area contributed by atoms with Gasteiger partial charge in [-0.1, -0.05) is 30.3 Å². The molecule has 0 aromatic heterocycles. The van der Waals surface area contributed by atoms with E-state index in [9.17, 15) is 9.18 Å². The van der Waals surface area contributed by atoms with E-state index in [1.54, 1.807) is 12.1 Å². The average Bonchev–Trinajstić information content (AvgIpc) is 3.03. The van der Waals surface area contributed by atoms with Gasteiger partial charge >= 0.3 is 0 Å². The third-order valence-corrected chi connectivity index (χ3v) is 4.56. The summed E-state index contributed by atoms with van der Waals surface area (Å²) in [5.41, 5.74) is 7.42. The first-order valence-electron chi connectivity index (χ1n) is 8.60. The van der Waals surface area contributed by atoms with E-state index in [1.807, 2.05) is 23.1 Å². The summed E-state index contributed by atoms with van der Waals surface area (Å²) in [4.78, 5) is 14.2. The molecule has 6 heteroatoms. The van der Waals surface area contributed by atoms with Gasteiger partial charge in [-0.2, -0.15) is 0 Å². The second-order valence-corrected chi connectivity index (χ2v) is 6.39. The van der Waals surface area contributed by atoms with Crippen molar-refractivity contribution in [2.24, 2.45) is 5.73 Å². The molecule has 1 aliphatic heterocycles. The number of hydrogen-bond donors (Lipinski definition) is 1. The van der Waals surface area contributed by atoms with Gasteiger partial charge in [-0.15, -0.1) is 12.4 Å². The van der Waals surface area contributed by atoms with Gasteiger partial charge in [0, 0.05) is 31.5 Å². The minimum atomic E-state index is -0.291. The minimum Gasteiger partial charge on any atom is -0.494 e.